The number of carboxylic acids is 1. The molecule has 1 heterocycles. The largest absolute Gasteiger partial charge is 0.481 e. The number of aliphatic carboxylic acids is 1. The van der Waals surface area contributed by atoms with Crippen LogP contribution in [0.5, 0.6) is 0 Å². The Kier molecular flexibility index (Phi) is 5.32. The highest BCUT2D eigenvalue weighted by Gasteiger charge is 2.14. The molecule has 0 saturated heterocycles. The van der Waals surface area contributed by atoms with Crippen molar-refractivity contribution < 1.29 is 9.90 Å². The molecule has 1 N–H and O–H groups in total. The number of thioether (sulfide) groups is 1. The lowest BCUT2D eigenvalue weighted by Crippen LogP contribution is -2.13. The van der Waals surface area contributed by atoms with E-state index in [-0.39, 0.29) is 15.9 Å². The first kappa shape index (κ1) is 16.4. The fourth-order valence-electron chi connectivity index (χ4n) is 1.50. The van der Waals surface area contributed by atoms with E-state index >= 15 is 0 Å². The number of aromatic nitrogens is 2. The van der Waals surface area contributed by atoms with Crippen LogP contribution in [0.2, 0.25) is 10.0 Å². The fourth-order valence-corrected chi connectivity index (χ4v) is 3.07. The predicted octanol–water partition coefficient (Wildman–Crippen LogP) is 3.48. The van der Waals surface area contributed by atoms with Crippen molar-refractivity contribution in [2.24, 2.45) is 0 Å². The summed E-state index contributed by atoms with van der Waals surface area (Å²) < 4.78 is 2.15. The minimum absolute atomic E-state index is 0.224. The molecule has 1 aromatic heterocycles. The second-order valence-electron chi connectivity index (χ2n) is 3.80. The van der Waals surface area contributed by atoms with Crippen molar-refractivity contribution in [1.82, 2.24) is 9.55 Å². The molecule has 0 radical (unpaired) electrons. The molecule has 0 aliphatic carbocycles. The first-order chi connectivity index (χ1) is 9.90. The molecule has 1 aromatic carbocycles. The lowest BCUT2D eigenvalue weighted by molar-refractivity contribution is -0.133. The van der Waals surface area contributed by atoms with Gasteiger partial charge in [-0.3, -0.25) is 14.2 Å². The summed E-state index contributed by atoms with van der Waals surface area (Å²) >= 11 is 16.4. The van der Waals surface area contributed by atoms with Gasteiger partial charge in [0.2, 0.25) is 0 Å². The maximum Gasteiger partial charge on any atom is 0.313 e. The van der Waals surface area contributed by atoms with E-state index in [1.807, 2.05) is 0 Å². The molecule has 0 saturated carbocycles. The Morgan fingerprint density at radius 1 is 1.33 bits per heavy atom. The van der Waals surface area contributed by atoms with Crippen molar-refractivity contribution in [3.8, 4) is 5.69 Å². The Morgan fingerprint density at radius 3 is 2.71 bits per heavy atom. The number of benzene rings is 1. The molecule has 5 nitrogen and oxygen atoms in total. The van der Waals surface area contributed by atoms with E-state index < -0.39 is 11.5 Å². The van der Waals surface area contributed by atoms with Crippen molar-refractivity contribution in [2.45, 2.75) is 5.16 Å². The van der Waals surface area contributed by atoms with Crippen LogP contribution in [0.4, 0.5) is 0 Å². The third-order valence-corrected chi connectivity index (χ3v) is 5.08. The third kappa shape index (κ3) is 3.79. The van der Waals surface area contributed by atoms with Gasteiger partial charge < -0.3 is 5.11 Å². The average molecular weight is 410 g/mol. The van der Waals surface area contributed by atoms with Crippen LogP contribution in [0.15, 0.2) is 38.8 Å². The molecule has 0 amide bonds. The Bertz CT molecular complexity index is 767. The van der Waals surface area contributed by atoms with E-state index in [1.54, 1.807) is 12.1 Å². The van der Waals surface area contributed by atoms with Gasteiger partial charge in [0.05, 0.1) is 21.5 Å². The normalized spacial score (nSPS) is 10.6. The van der Waals surface area contributed by atoms with Crippen molar-refractivity contribution >= 4 is 56.9 Å². The fraction of sp³-hybridized carbons (Fsp3) is 0.0833. The molecule has 110 valence electrons. The number of halogens is 3. The Labute approximate surface area is 142 Å². The highest BCUT2D eigenvalue weighted by molar-refractivity contribution is 9.10. The molecule has 9 heteroatoms. The monoisotopic (exact) mass is 408 g/mol. The maximum atomic E-state index is 11.4. The second kappa shape index (κ2) is 6.83. The summed E-state index contributed by atoms with van der Waals surface area (Å²) in [6, 6.07) is 4.65. The smallest absolute Gasteiger partial charge is 0.313 e. The molecule has 0 atom stereocenters. The zero-order chi connectivity index (χ0) is 15.6. The van der Waals surface area contributed by atoms with Crippen LogP contribution in [0, 0.1) is 0 Å². The van der Waals surface area contributed by atoms with Crippen molar-refractivity contribution in [3.63, 3.8) is 0 Å². The van der Waals surface area contributed by atoms with Gasteiger partial charge in [-0.1, -0.05) is 35.0 Å². The molecule has 0 spiro atoms. The van der Waals surface area contributed by atoms with E-state index in [4.69, 9.17) is 28.3 Å². The van der Waals surface area contributed by atoms with Crippen LogP contribution >= 0.6 is 50.9 Å². The number of carboxylic acid groups (broad SMARTS) is 1. The van der Waals surface area contributed by atoms with Gasteiger partial charge in [-0.2, -0.15) is 4.98 Å². The Morgan fingerprint density at radius 2 is 2.05 bits per heavy atom. The summed E-state index contributed by atoms with van der Waals surface area (Å²) in [5.74, 6) is -1.23. The molecule has 21 heavy (non-hydrogen) atoms. The number of hydrogen-bond acceptors (Lipinski definition) is 4. The maximum absolute atomic E-state index is 11.4. The lowest BCUT2D eigenvalue weighted by Gasteiger charge is -2.13. The molecule has 2 aromatic rings. The molecular formula is C12H7BrCl2N2O3S. The molecule has 0 aliphatic rings. The average Bonchev–Trinajstić information content (AvgIpc) is 2.44. The summed E-state index contributed by atoms with van der Waals surface area (Å²) in [7, 11) is 0. The number of hydrogen-bond donors (Lipinski definition) is 1. The molecule has 0 fully saturated rings. The van der Waals surface area contributed by atoms with E-state index in [0.29, 0.717) is 15.2 Å². The summed E-state index contributed by atoms with van der Waals surface area (Å²) in [6.07, 6.45) is 1.48. The molecule has 0 aliphatic heterocycles. The van der Waals surface area contributed by atoms with Gasteiger partial charge in [-0.15, -0.1) is 0 Å². The second-order valence-corrected chi connectivity index (χ2v) is 6.35. The zero-order valence-electron chi connectivity index (χ0n) is 10.2. The summed E-state index contributed by atoms with van der Waals surface area (Å²) in [5.41, 5.74) is 0.0451. The van der Waals surface area contributed by atoms with Gasteiger partial charge in [0.25, 0.3) is 5.56 Å². The first-order valence-electron chi connectivity index (χ1n) is 5.48. The molecule has 0 unspecified atom stereocenters. The van der Waals surface area contributed by atoms with Gasteiger partial charge in [-0.25, -0.2) is 0 Å². The number of carbonyl (C=O) groups is 1. The van der Waals surface area contributed by atoms with Crippen molar-refractivity contribution in [3.05, 3.63) is 49.3 Å². The predicted molar refractivity (Wildman–Crippen MR) is 85.9 cm³/mol. The van der Waals surface area contributed by atoms with Gasteiger partial charge in [-0.05, 0) is 28.1 Å². The standard InChI is InChI=1S/C12H7BrCl2N2O3S/c13-6-1-2-7(11(15)10(6)14)17-4-3-8(18)16-12(17)21-5-9(19)20/h1-4H,5H2,(H,19,20). The van der Waals surface area contributed by atoms with Gasteiger partial charge in [0.1, 0.15) is 0 Å². The molecule has 0 bridgehead atoms. The Hall–Kier alpha value is -1.02. The lowest BCUT2D eigenvalue weighted by atomic mass is 10.3. The summed E-state index contributed by atoms with van der Waals surface area (Å²) in [6.45, 7) is 0. The minimum Gasteiger partial charge on any atom is -0.481 e. The Balaban J connectivity index is 2.56. The number of nitrogens with zero attached hydrogens (tertiary/aromatic N) is 2. The van der Waals surface area contributed by atoms with Crippen LogP contribution in [0.25, 0.3) is 5.69 Å². The highest BCUT2D eigenvalue weighted by Crippen LogP contribution is 2.35. The van der Waals surface area contributed by atoms with E-state index in [1.165, 1.54) is 16.8 Å². The van der Waals surface area contributed by atoms with Gasteiger partial charge >= 0.3 is 5.97 Å². The minimum atomic E-state index is -1.01. The van der Waals surface area contributed by atoms with Gasteiger partial charge in [0, 0.05) is 16.7 Å². The molecular weight excluding hydrogens is 403 g/mol. The SMILES string of the molecule is O=C(O)CSc1nc(=O)ccn1-c1ccc(Br)c(Cl)c1Cl. The van der Waals surface area contributed by atoms with Crippen LogP contribution < -0.4 is 5.56 Å². The van der Waals surface area contributed by atoms with Crippen molar-refractivity contribution in [2.75, 3.05) is 5.75 Å². The third-order valence-electron chi connectivity index (χ3n) is 2.38. The summed E-state index contributed by atoms with van der Waals surface area (Å²) in [4.78, 5) is 25.9. The molecule has 2 rings (SSSR count). The van der Waals surface area contributed by atoms with Crippen molar-refractivity contribution in [1.29, 1.82) is 0 Å². The zero-order valence-corrected chi connectivity index (χ0v) is 14.1. The van der Waals surface area contributed by atoms with Crippen LogP contribution in [0.3, 0.4) is 0 Å². The highest BCUT2D eigenvalue weighted by atomic mass is 79.9. The number of rotatable bonds is 4. The van der Waals surface area contributed by atoms with E-state index in [9.17, 15) is 9.59 Å². The quantitative estimate of drug-likeness (QED) is 0.475. The van der Waals surface area contributed by atoms with E-state index in [2.05, 4.69) is 20.9 Å². The first-order valence-corrected chi connectivity index (χ1v) is 8.01. The topological polar surface area (TPSA) is 72.2 Å². The van der Waals surface area contributed by atoms with E-state index in [0.717, 1.165) is 11.8 Å². The van der Waals surface area contributed by atoms with Gasteiger partial charge in [0.15, 0.2) is 5.16 Å². The van der Waals surface area contributed by atoms with Crippen LogP contribution in [-0.4, -0.2) is 26.4 Å². The van der Waals surface area contributed by atoms with Crippen LogP contribution in [-0.2, 0) is 4.79 Å². The van der Waals surface area contributed by atoms with Crippen LogP contribution in [0.1, 0.15) is 0 Å². The summed E-state index contributed by atoms with van der Waals surface area (Å²) in [5, 5.41) is 9.57.